The van der Waals surface area contributed by atoms with Crippen molar-refractivity contribution in [3.05, 3.63) is 33.3 Å². The lowest BCUT2D eigenvalue weighted by Crippen LogP contribution is -2.37. The fraction of sp³-hybridized carbons (Fsp3) is 0.200. The van der Waals surface area contributed by atoms with E-state index in [0.29, 0.717) is 0 Å². The van der Waals surface area contributed by atoms with E-state index >= 15 is 0 Å². The third kappa shape index (κ3) is 4.19. The minimum absolute atomic E-state index is 0.144. The Morgan fingerprint density at radius 1 is 1.53 bits per heavy atom. The molecule has 19 heavy (non-hydrogen) atoms. The summed E-state index contributed by atoms with van der Waals surface area (Å²) in [5.41, 5.74) is 5.25. The smallest absolute Gasteiger partial charge is 0.305 e. The van der Waals surface area contributed by atoms with E-state index < -0.39 is 29.3 Å². The van der Waals surface area contributed by atoms with Gasteiger partial charge in [0.2, 0.25) is 5.91 Å². The first-order valence-corrected chi connectivity index (χ1v) is 5.41. The molecule has 0 aliphatic carbocycles. The fourth-order valence-electron chi connectivity index (χ4n) is 1.25. The Bertz CT molecular complexity index is 534. The molecule has 0 aliphatic heterocycles. The van der Waals surface area contributed by atoms with Crippen LogP contribution in [0.1, 0.15) is 6.42 Å². The van der Waals surface area contributed by atoms with E-state index in [1.54, 1.807) is 0 Å². The predicted molar refractivity (Wildman–Crippen MR) is 67.0 cm³/mol. The number of nitrogens with two attached hydrogens (primary N) is 1. The van der Waals surface area contributed by atoms with Gasteiger partial charge < -0.3 is 16.2 Å². The first-order valence-electron chi connectivity index (χ1n) is 5.03. The van der Waals surface area contributed by atoms with Gasteiger partial charge in [0.1, 0.15) is 5.02 Å². The van der Waals surface area contributed by atoms with Crippen molar-refractivity contribution >= 4 is 34.9 Å². The lowest BCUT2D eigenvalue weighted by Gasteiger charge is -2.10. The minimum atomic E-state index is -1.22. The molecule has 102 valence electrons. The van der Waals surface area contributed by atoms with Gasteiger partial charge in [0.05, 0.1) is 17.4 Å². The van der Waals surface area contributed by atoms with Gasteiger partial charge in [-0.1, -0.05) is 11.6 Å². The van der Waals surface area contributed by atoms with Crippen LogP contribution in [0.5, 0.6) is 0 Å². The summed E-state index contributed by atoms with van der Waals surface area (Å²) < 4.78 is 0. The number of carboxylic acid groups (broad SMARTS) is 1. The number of carbonyl (C=O) groups excluding carboxylic acids is 1. The van der Waals surface area contributed by atoms with Crippen molar-refractivity contribution in [1.29, 1.82) is 0 Å². The van der Waals surface area contributed by atoms with Crippen LogP contribution in [0.4, 0.5) is 11.4 Å². The first-order chi connectivity index (χ1) is 8.81. The van der Waals surface area contributed by atoms with Gasteiger partial charge in [0, 0.05) is 11.8 Å². The molecule has 0 aliphatic rings. The number of carboxylic acids is 1. The van der Waals surface area contributed by atoms with E-state index in [2.05, 4.69) is 5.32 Å². The van der Waals surface area contributed by atoms with Gasteiger partial charge in [-0.15, -0.1) is 0 Å². The Morgan fingerprint density at radius 2 is 2.16 bits per heavy atom. The largest absolute Gasteiger partial charge is 0.481 e. The van der Waals surface area contributed by atoms with Crippen molar-refractivity contribution in [2.45, 2.75) is 12.5 Å². The summed E-state index contributed by atoms with van der Waals surface area (Å²) in [6.45, 7) is 0. The summed E-state index contributed by atoms with van der Waals surface area (Å²) in [5, 5.41) is 21.2. The van der Waals surface area contributed by atoms with Crippen LogP contribution in [0.25, 0.3) is 0 Å². The van der Waals surface area contributed by atoms with Crippen LogP contribution in [-0.4, -0.2) is 27.9 Å². The van der Waals surface area contributed by atoms with Gasteiger partial charge in [-0.2, -0.15) is 0 Å². The number of nitro groups is 1. The zero-order chi connectivity index (χ0) is 14.6. The molecule has 0 radical (unpaired) electrons. The van der Waals surface area contributed by atoms with E-state index in [0.717, 1.165) is 6.07 Å². The van der Waals surface area contributed by atoms with E-state index in [4.69, 9.17) is 22.4 Å². The Kier molecular flexibility index (Phi) is 4.79. The molecule has 0 spiro atoms. The van der Waals surface area contributed by atoms with Crippen molar-refractivity contribution in [3.8, 4) is 0 Å². The van der Waals surface area contributed by atoms with Crippen LogP contribution in [-0.2, 0) is 9.59 Å². The van der Waals surface area contributed by atoms with Crippen LogP contribution < -0.4 is 11.1 Å². The van der Waals surface area contributed by atoms with Crippen LogP contribution >= 0.6 is 11.6 Å². The minimum Gasteiger partial charge on any atom is -0.481 e. The molecule has 0 heterocycles. The first kappa shape index (κ1) is 14.9. The molecule has 0 saturated heterocycles. The Morgan fingerprint density at radius 3 is 2.63 bits per heavy atom. The molecule has 1 aromatic carbocycles. The van der Waals surface area contributed by atoms with Crippen LogP contribution in [0, 0.1) is 10.1 Å². The number of nitrogens with zero attached hydrogens (tertiary/aromatic N) is 1. The molecule has 1 aromatic rings. The number of nitrogens with one attached hydrogen (secondary N) is 1. The van der Waals surface area contributed by atoms with E-state index in [1.807, 2.05) is 0 Å². The van der Waals surface area contributed by atoms with Crippen LogP contribution in [0.3, 0.4) is 0 Å². The van der Waals surface area contributed by atoms with Crippen molar-refractivity contribution in [2.75, 3.05) is 5.32 Å². The normalized spacial score (nSPS) is 11.7. The van der Waals surface area contributed by atoms with Gasteiger partial charge in [0.25, 0.3) is 5.69 Å². The molecule has 4 N–H and O–H groups in total. The maximum atomic E-state index is 11.5. The van der Waals surface area contributed by atoms with Crippen molar-refractivity contribution in [3.63, 3.8) is 0 Å². The third-order valence-corrected chi connectivity index (χ3v) is 2.45. The number of carbonyl (C=O) groups is 2. The number of rotatable bonds is 5. The molecule has 0 saturated carbocycles. The summed E-state index contributed by atoms with van der Waals surface area (Å²) >= 11 is 5.65. The molecule has 0 fully saturated rings. The van der Waals surface area contributed by atoms with Crippen molar-refractivity contribution in [1.82, 2.24) is 0 Å². The predicted octanol–water partition coefficient (Wildman–Crippen LogP) is 0.989. The Hall–Kier alpha value is -2.19. The van der Waals surface area contributed by atoms with Gasteiger partial charge in [-0.25, -0.2) is 0 Å². The van der Waals surface area contributed by atoms with Gasteiger partial charge in [-0.3, -0.25) is 19.7 Å². The number of halogens is 1. The quantitative estimate of drug-likeness (QED) is 0.546. The maximum absolute atomic E-state index is 11.5. The fourth-order valence-corrected chi connectivity index (χ4v) is 1.50. The number of anilines is 1. The highest BCUT2D eigenvalue weighted by Crippen LogP contribution is 2.27. The van der Waals surface area contributed by atoms with Gasteiger partial charge >= 0.3 is 5.97 Å². The SMILES string of the molecule is NC(CC(=O)O)C(=O)Nc1ccc([N+](=O)[O-])c(Cl)c1. The van der Waals surface area contributed by atoms with E-state index in [1.165, 1.54) is 12.1 Å². The summed E-state index contributed by atoms with van der Waals surface area (Å²) in [5.74, 6) is -1.92. The average Bonchev–Trinajstić information content (AvgIpc) is 2.27. The Labute approximate surface area is 112 Å². The van der Waals surface area contributed by atoms with Crippen LogP contribution in [0.15, 0.2) is 18.2 Å². The highest BCUT2D eigenvalue weighted by molar-refractivity contribution is 6.33. The number of amides is 1. The molecule has 1 rings (SSSR count). The second-order valence-electron chi connectivity index (χ2n) is 3.62. The number of hydrogen-bond acceptors (Lipinski definition) is 5. The molecule has 9 heteroatoms. The Balaban J connectivity index is 2.78. The highest BCUT2D eigenvalue weighted by atomic mass is 35.5. The molecule has 1 amide bonds. The second kappa shape index (κ2) is 6.12. The summed E-state index contributed by atoms with van der Waals surface area (Å²) in [6, 6.07) is 2.37. The lowest BCUT2D eigenvalue weighted by molar-refractivity contribution is -0.384. The van der Waals surface area contributed by atoms with Crippen molar-refractivity contribution < 1.29 is 19.6 Å². The zero-order valence-electron chi connectivity index (χ0n) is 9.50. The number of aliphatic carboxylic acids is 1. The lowest BCUT2D eigenvalue weighted by atomic mass is 10.2. The monoisotopic (exact) mass is 287 g/mol. The second-order valence-corrected chi connectivity index (χ2v) is 4.02. The van der Waals surface area contributed by atoms with Gasteiger partial charge in [0.15, 0.2) is 0 Å². The summed E-state index contributed by atoms with van der Waals surface area (Å²) in [4.78, 5) is 31.8. The maximum Gasteiger partial charge on any atom is 0.305 e. The van der Waals surface area contributed by atoms with E-state index in [-0.39, 0.29) is 16.4 Å². The zero-order valence-corrected chi connectivity index (χ0v) is 10.3. The highest BCUT2D eigenvalue weighted by Gasteiger charge is 2.18. The summed E-state index contributed by atoms with van der Waals surface area (Å²) in [6.07, 6.45) is -0.521. The van der Waals surface area contributed by atoms with E-state index in [9.17, 15) is 19.7 Å². The summed E-state index contributed by atoms with van der Waals surface area (Å²) in [7, 11) is 0. The molecule has 0 aromatic heterocycles. The molecule has 8 nitrogen and oxygen atoms in total. The molecular weight excluding hydrogens is 278 g/mol. The van der Waals surface area contributed by atoms with Gasteiger partial charge in [-0.05, 0) is 12.1 Å². The molecular formula is C10H10ClN3O5. The number of nitro benzene ring substituents is 1. The van der Waals surface area contributed by atoms with Crippen LogP contribution in [0.2, 0.25) is 5.02 Å². The molecule has 1 atom stereocenters. The molecule has 1 unspecified atom stereocenters. The third-order valence-electron chi connectivity index (χ3n) is 2.14. The standard InChI is InChI=1S/C10H10ClN3O5/c11-6-3-5(1-2-8(6)14(18)19)13-10(17)7(12)4-9(15)16/h1-3,7H,4,12H2,(H,13,17)(H,15,16). The topological polar surface area (TPSA) is 136 Å². The molecule has 0 bridgehead atoms. The number of hydrogen-bond donors (Lipinski definition) is 3. The average molecular weight is 288 g/mol. The number of benzene rings is 1. The van der Waals surface area contributed by atoms with Crippen molar-refractivity contribution in [2.24, 2.45) is 5.73 Å².